The molecule has 1 amide bonds. The molecule has 1 heterocycles. The molecule has 1 fully saturated rings. The SMILES string of the molecule is CCOc1ccc(N(CC(=O)Nc2cc(S(=O)(=O)N3CCCCC3)ccc2OC)S(=O)(=O)c2ccc(Br)cc2)cc1. The standard InChI is InChI=1S/C28H32BrN3O7S2/c1-3-39-23-11-9-22(10-12-23)32(41(36,37)24-13-7-21(29)8-14-24)20-28(33)30-26-19-25(15-16-27(26)38-2)40(34,35)31-17-5-4-6-18-31/h7-16,19H,3-6,17-18,20H2,1-2H3,(H,30,33). The van der Waals surface area contributed by atoms with Gasteiger partial charge in [-0.3, -0.25) is 9.10 Å². The summed E-state index contributed by atoms with van der Waals surface area (Å²) in [6.07, 6.45) is 2.55. The molecule has 0 unspecified atom stereocenters. The highest BCUT2D eigenvalue weighted by molar-refractivity contribution is 9.10. The molecule has 0 bridgehead atoms. The molecule has 1 aliphatic rings. The van der Waals surface area contributed by atoms with E-state index in [-0.39, 0.29) is 26.9 Å². The largest absolute Gasteiger partial charge is 0.495 e. The number of nitrogens with zero attached hydrogens (tertiary/aromatic N) is 2. The summed E-state index contributed by atoms with van der Waals surface area (Å²) in [4.78, 5) is 13.4. The summed E-state index contributed by atoms with van der Waals surface area (Å²) in [5.74, 6) is 0.0999. The predicted octanol–water partition coefficient (Wildman–Crippen LogP) is 4.87. The first-order valence-electron chi connectivity index (χ1n) is 13.1. The second-order valence-electron chi connectivity index (χ2n) is 9.27. The van der Waals surface area contributed by atoms with Gasteiger partial charge in [0.2, 0.25) is 15.9 Å². The molecule has 13 heteroatoms. The summed E-state index contributed by atoms with van der Waals surface area (Å²) in [6, 6.07) is 16.7. The van der Waals surface area contributed by atoms with Gasteiger partial charge in [0.15, 0.2) is 0 Å². The molecule has 0 aromatic heterocycles. The Morgan fingerprint density at radius 1 is 0.927 bits per heavy atom. The molecule has 0 radical (unpaired) electrons. The van der Waals surface area contributed by atoms with Gasteiger partial charge in [0.1, 0.15) is 18.0 Å². The third-order valence-electron chi connectivity index (χ3n) is 6.52. The van der Waals surface area contributed by atoms with Crippen molar-refractivity contribution in [2.24, 2.45) is 0 Å². The van der Waals surface area contributed by atoms with Crippen molar-refractivity contribution in [2.45, 2.75) is 36.0 Å². The summed E-state index contributed by atoms with van der Waals surface area (Å²) in [5.41, 5.74) is 0.364. The van der Waals surface area contributed by atoms with Crippen LogP contribution in [0.2, 0.25) is 0 Å². The number of anilines is 2. The zero-order chi connectivity index (χ0) is 29.6. The van der Waals surface area contributed by atoms with Gasteiger partial charge in [0, 0.05) is 17.6 Å². The fraction of sp³-hybridized carbons (Fsp3) is 0.321. The monoisotopic (exact) mass is 665 g/mol. The molecule has 1 saturated heterocycles. The highest BCUT2D eigenvalue weighted by Crippen LogP contribution is 2.31. The minimum absolute atomic E-state index is 0.00501. The number of rotatable bonds is 11. The van der Waals surface area contributed by atoms with Gasteiger partial charge in [-0.25, -0.2) is 16.8 Å². The maximum absolute atomic E-state index is 13.7. The maximum Gasteiger partial charge on any atom is 0.264 e. The van der Waals surface area contributed by atoms with Crippen LogP contribution in [0.3, 0.4) is 0 Å². The number of amides is 1. The van der Waals surface area contributed by atoms with Crippen LogP contribution in [0.1, 0.15) is 26.2 Å². The van der Waals surface area contributed by atoms with Gasteiger partial charge < -0.3 is 14.8 Å². The van der Waals surface area contributed by atoms with Gasteiger partial charge >= 0.3 is 0 Å². The number of methoxy groups -OCH3 is 1. The van der Waals surface area contributed by atoms with E-state index in [0.29, 0.717) is 29.9 Å². The first-order chi connectivity index (χ1) is 19.6. The smallest absolute Gasteiger partial charge is 0.264 e. The van der Waals surface area contributed by atoms with Gasteiger partial charge in [-0.2, -0.15) is 4.31 Å². The number of carbonyl (C=O) groups is 1. The fourth-order valence-corrected chi connectivity index (χ4v) is 7.67. The van der Waals surface area contributed by atoms with Crippen LogP contribution in [0.25, 0.3) is 0 Å². The predicted molar refractivity (Wildman–Crippen MR) is 161 cm³/mol. The van der Waals surface area contributed by atoms with Crippen molar-refractivity contribution in [3.8, 4) is 11.5 Å². The Kier molecular flexibility index (Phi) is 9.95. The molecule has 0 atom stereocenters. The lowest BCUT2D eigenvalue weighted by Gasteiger charge is -2.26. The van der Waals surface area contributed by atoms with Crippen LogP contribution in [0.5, 0.6) is 11.5 Å². The summed E-state index contributed by atoms with van der Waals surface area (Å²) in [7, 11) is -6.55. The summed E-state index contributed by atoms with van der Waals surface area (Å²) < 4.78 is 67.9. The first kappa shape index (κ1) is 30.8. The number of halogens is 1. The summed E-state index contributed by atoms with van der Waals surface area (Å²) in [6.45, 7) is 2.56. The third-order valence-corrected chi connectivity index (χ3v) is 10.7. The molecule has 1 aliphatic heterocycles. The van der Waals surface area contributed by atoms with Crippen LogP contribution in [0.4, 0.5) is 11.4 Å². The van der Waals surface area contributed by atoms with E-state index in [0.717, 1.165) is 23.6 Å². The lowest BCUT2D eigenvalue weighted by molar-refractivity contribution is -0.114. The van der Waals surface area contributed by atoms with Gasteiger partial charge in [-0.1, -0.05) is 22.4 Å². The average molecular weight is 667 g/mol. The Bertz CT molecular complexity index is 1570. The van der Waals surface area contributed by atoms with Crippen molar-refractivity contribution < 1.29 is 31.1 Å². The second-order valence-corrected chi connectivity index (χ2v) is 14.0. The molecule has 220 valence electrons. The molecule has 41 heavy (non-hydrogen) atoms. The van der Waals surface area contributed by atoms with Gasteiger partial charge in [-0.05, 0) is 86.5 Å². The van der Waals surface area contributed by atoms with E-state index in [1.165, 1.54) is 41.7 Å². The zero-order valence-electron chi connectivity index (χ0n) is 22.7. The number of carbonyl (C=O) groups excluding carboxylic acids is 1. The zero-order valence-corrected chi connectivity index (χ0v) is 26.0. The van der Waals surface area contributed by atoms with Crippen molar-refractivity contribution in [1.82, 2.24) is 4.31 Å². The lowest BCUT2D eigenvalue weighted by atomic mass is 10.2. The second kappa shape index (κ2) is 13.2. The molecule has 0 aliphatic carbocycles. The van der Waals surface area contributed by atoms with E-state index >= 15 is 0 Å². The molecular formula is C28H32BrN3O7S2. The maximum atomic E-state index is 13.7. The quantitative estimate of drug-likeness (QED) is 0.310. The van der Waals surface area contributed by atoms with E-state index in [1.54, 1.807) is 36.4 Å². The van der Waals surface area contributed by atoms with Crippen LogP contribution in [-0.4, -0.2) is 60.4 Å². The summed E-state index contributed by atoms with van der Waals surface area (Å²) >= 11 is 3.31. The minimum atomic E-state index is -4.17. The third kappa shape index (κ3) is 7.21. The van der Waals surface area contributed by atoms with E-state index in [1.807, 2.05) is 6.92 Å². The first-order valence-corrected chi connectivity index (χ1v) is 16.7. The Labute approximate surface area is 249 Å². The lowest BCUT2D eigenvalue weighted by Crippen LogP contribution is -2.38. The van der Waals surface area contributed by atoms with Crippen LogP contribution < -0.4 is 19.1 Å². The number of ether oxygens (including phenoxy) is 2. The van der Waals surface area contributed by atoms with Gasteiger partial charge in [0.25, 0.3) is 10.0 Å². The minimum Gasteiger partial charge on any atom is -0.495 e. The Morgan fingerprint density at radius 2 is 1.56 bits per heavy atom. The fourth-order valence-electron chi connectivity index (χ4n) is 4.44. The van der Waals surface area contributed by atoms with Crippen LogP contribution in [-0.2, 0) is 24.8 Å². The summed E-state index contributed by atoms with van der Waals surface area (Å²) in [5, 5.41) is 2.66. The molecular weight excluding hydrogens is 634 g/mol. The number of benzene rings is 3. The van der Waals surface area contributed by atoms with Gasteiger partial charge in [-0.15, -0.1) is 0 Å². The highest BCUT2D eigenvalue weighted by Gasteiger charge is 2.29. The van der Waals surface area contributed by atoms with Crippen LogP contribution in [0, 0.1) is 0 Å². The molecule has 4 rings (SSSR count). The van der Waals surface area contributed by atoms with Crippen LogP contribution >= 0.6 is 15.9 Å². The van der Waals surface area contributed by atoms with E-state index < -0.39 is 32.5 Å². The van der Waals surface area contributed by atoms with Crippen molar-refractivity contribution in [2.75, 3.05) is 43.0 Å². The normalized spacial score (nSPS) is 14.3. The van der Waals surface area contributed by atoms with Crippen molar-refractivity contribution in [1.29, 1.82) is 0 Å². The van der Waals surface area contributed by atoms with Crippen molar-refractivity contribution in [3.05, 3.63) is 71.2 Å². The number of sulfonamides is 2. The Hall–Kier alpha value is -3.13. The number of hydrogen-bond acceptors (Lipinski definition) is 7. The van der Waals surface area contributed by atoms with Crippen molar-refractivity contribution in [3.63, 3.8) is 0 Å². The molecule has 1 N–H and O–H groups in total. The topological polar surface area (TPSA) is 122 Å². The Balaban J connectivity index is 1.65. The molecule has 3 aromatic rings. The van der Waals surface area contributed by atoms with Crippen LogP contribution in [0.15, 0.2) is 81.0 Å². The average Bonchev–Trinajstić information content (AvgIpc) is 2.97. The number of hydrogen-bond donors (Lipinski definition) is 1. The number of piperidine rings is 1. The highest BCUT2D eigenvalue weighted by atomic mass is 79.9. The molecule has 3 aromatic carbocycles. The van der Waals surface area contributed by atoms with E-state index in [2.05, 4.69) is 21.2 Å². The molecule has 0 saturated carbocycles. The van der Waals surface area contributed by atoms with Crippen molar-refractivity contribution >= 4 is 53.3 Å². The molecule has 10 nitrogen and oxygen atoms in total. The Morgan fingerprint density at radius 3 is 2.17 bits per heavy atom. The number of nitrogens with one attached hydrogen (secondary N) is 1. The van der Waals surface area contributed by atoms with E-state index in [4.69, 9.17) is 9.47 Å². The molecule has 0 spiro atoms. The van der Waals surface area contributed by atoms with Gasteiger partial charge in [0.05, 0.1) is 34.9 Å². The van der Waals surface area contributed by atoms with E-state index in [9.17, 15) is 21.6 Å².